The van der Waals surface area contributed by atoms with Crippen LogP contribution in [0, 0.1) is 0 Å². The fourth-order valence-electron chi connectivity index (χ4n) is 2.68. The van der Waals surface area contributed by atoms with Crippen molar-refractivity contribution >= 4 is 17.3 Å². The van der Waals surface area contributed by atoms with Gasteiger partial charge in [0.05, 0.1) is 17.9 Å². The van der Waals surface area contributed by atoms with E-state index in [4.69, 9.17) is 9.47 Å². The van der Waals surface area contributed by atoms with Crippen molar-refractivity contribution in [2.45, 2.75) is 6.23 Å². The second-order valence-electron chi connectivity index (χ2n) is 4.97. The van der Waals surface area contributed by atoms with Gasteiger partial charge >= 0.3 is 0 Å². The maximum Gasteiger partial charge on any atom is 0.268 e. The van der Waals surface area contributed by atoms with Crippen LogP contribution in [0.25, 0.3) is 0 Å². The SMILES string of the molecule is O=C1COc2ccccc2N1C1CNc2ccccc2O1. The lowest BCUT2D eigenvalue weighted by Gasteiger charge is -2.38. The summed E-state index contributed by atoms with van der Waals surface area (Å²) in [5.74, 6) is 1.37. The van der Waals surface area contributed by atoms with Crippen LogP contribution in [-0.2, 0) is 4.79 Å². The number of carbonyl (C=O) groups excluding carboxylic acids is 1. The third-order valence-corrected chi connectivity index (χ3v) is 3.65. The molecule has 0 fully saturated rings. The Balaban J connectivity index is 1.70. The van der Waals surface area contributed by atoms with Gasteiger partial charge in [-0.05, 0) is 24.3 Å². The molecule has 5 nitrogen and oxygen atoms in total. The minimum absolute atomic E-state index is 0.0402. The summed E-state index contributed by atoms with van der Waals surface area (Å²) >= 11 is 0. The predicted octanol–water partition coefficient (Wildman–Crippen LogP) is 2.24. The molecule has 1 amide bonds. The number of nitrogens with one attached hydrogen (secondary N) is 1. The van der Waals surface area contributed by atoms with Crippen LogP contribution in [-0.4, -0.2) is 25.3 Å². The van der Waals surface area contributed by atoms with Gasteiger partial charge in [0.1, 0.15) is 11.5 Å². The summed E-state index contributed by atoms with van der Waals surface area (Å²) < 4.78 is 11.4. The van der Waals surface area contributed by atoms with E-state index in [2.05, 4.69) is 5.32 Å². The molecule has 4 rings (SSSR count). The van der Waals surface area contributed by atoms with Gasteiger partial charge in [-0.2, -0.15) is 0 Å². The van der Waals surface area contributed by atoms with Gasteiger partial charge in [-0.3, -0.25) is 9.69 Å². The first-order valence-corrected chi connectivity index (χ1v) is 6.86. The number of fused-ring (bicyclic) bond motifs is 2. The van der Waals surface area contributed by atoms with Crippen molar-refractivity contribution in [2.24, 2.45) is 0 Å². The van der Waals surface area contributed by atoms with Gasteiger partial charge in [-0.25, -0.2) is 0 Å². The molecule has 2 aliphatic rings. The summed E-state index contributed by atoms with van der Waals surface area (Å²) in [6.45, 7) is 0.579. The molecule has 2 aromatic carbocycles. The largest absolute Gasteiger partial charge is 0.482 e. The Morgan fingerprint density at radius 2 is 1.81 bits per heavy atom. The van der Waals surface area contributed by atoms with Crippen LogP contribution in [0.1, 0.15) is 0 Å². The van der Waals surface area contributed by atoms with E-state index in [9.17, 15) is 4.79 Å². The molecule has 0 saturated heterocycles. The van der Waals surface area contributed by atoms with Gasteiger partial charge in [-0.15, -0.1) is 0 Å². The molecule has 0 radical (unpaired) electrons. The number of amides is 1. The molecule has 0 aromatic heterocycles. The fraction of sp³-hybridized carbons (Fsp3) is 0.188. The molecule has 0 aliphatic carbocycles. The first kappa shape index (κ1) is 12.1. The number of ether oxygens (including phenoxy) is 2. The number of carbonyl (C=O) groups is 1. The number of benzene rings is 2. The first-order valence-electron chi connectivity index (χ1n) is 6.86. The average Bonchev–Trinajstić information content (AvgIpc) is 2.54. The smallest absolute Gasteiger partial charge is 0.268 e. The molecule has 0 saturated carbocycles. The summed E-state index contributed by atoms with van der Waals surface area (Å²) in [4.78, 5) is 13.9. The fourth-order valence-corrected chi connectivity index (χ4v) is 2.68. The number of rotatable bonds is 1. The molecule has 1 unspecified atom stereocenters. The van der Waals surface area contributed by atoms with Crippen molar-refractivity contribution in [1.82, 2.24) is 0 Å². The topological polar surface area (TPSA) is 50.8 Å². The second-order valence-corrected chi connectivity index (χ2v) is 4.97. The Morgan fingerprint density at radius 3 is 2.71 bits per heavy atom. The van der Waals surface area contributed by atoms with E-state index in [1.807, 2.05) is 48.5 Å². The van der Waals surface area contributed by atoms with E-state index in [1.165, 1.54) is 0 Å². The van der Waals surface area contributed by atoms with Gasteiger partial charge in [0.15, 0.2) is 12.8 Å². The minimum atomic E-state index is -0.377. The number of anilines is 2. The quantitative estimate of drug-likeness (QED) is 0.871. The molecule has 0 spiro atoms. The van der Waals surface area contributed by atoms with Crippen LogP contribution in [0.3, 0.4) is 0 Å². The molecule has 0 bridgehead atoms. The molecule has 5 heteroatoms. The monoisotopic (exact) mass is 282 g/mol. The lowest BCUT2D eigenvalue weighted by molar-refractivity contribution is -0.123. The molecule has 21 heavy (non-hydrogen) atoms. The van der Waals surface area contributed by atoms with Crippen molar-refractivity contribution in [3.63, 3.8) is 0 Å². The molecule has 1 atom stereocenters. The highest BCUT2D eigenvalue weighted by Crippen LogP contribution is 2.36. The second kappa shape index (κ2) is 4.70. The minimum Gasteiger partial charge on any atom is -0.482 e. The van der Waals surface area contributed by atoms with Crippen molar-refractivity contribution in [3.8, 4) is 11.5 Å². The van der Waals surface area contributed by atoms with Crippen LogP contribution in [0.4, 0.5) is 11.4 Å². The number of hydrogen-bond acceptors (Lipinski definition) is 4. The van der Waals surface area contributed by atoms with E-state index in [1.54, 1.807) is 4.90 Å². The first-order chi connectivity index (χ1) is 10.3. The zero-order valence-corrected chi connectivity index (χ0v) is 11.3. The van der Waals surface area contributed by atoms with Crippen molar-refractivity contribution in [2.75, 3.05) is 23.4 Å². The van der Waals surface area contributed by atoms with Crippen molar-refractivity contribution < 1.29 is 14.3 Å². The summed E-state index contributed by atoms with van der Waals surface area (Å²) in [7, 11) is 0. The zero-order valence-electron chi connectivity index (χ0n) is 11.3. The maximum atomic E-state index is 12.3. The lowest BCUT2D eigenvalue weighted by atomic mass is 10.2. The van der Waals surface area contributed by atoms with Crippen LogP contribution in [0.15, 0.2) is 48.5 Å². The predicted molar refractivity (Wildman–Crippen MR) is 78.8 cm³/mol. The van der Waals surface area contributed by atoms with Crippen molar-refractivity contribution in [3.05, 3.63) is 48.5 Å². The summed E-state index contributed by atoms with van der Waals surface area (Å²) in [6.07, 6.45) is -0.377. The number of hydrogen-bond donors (Lipinski definition) is 1. The van der Waals surface area contributed by atoms with Crippen LogP contribution in [0.2, 0.25) is 0 Å². The summed E-state index contributed by atoms with van der Waals surface area (Å²) in [5.41, 5.74) is 1.70. The molecule has 2 heterocycles. The van der Waals surface area contributed by atoms with E-state index in [-0.39, 0.29) is 18.7 Å². The summed E-state index contributed by atoms with van der Waals surface area (Å²) in [5, 5.41) is 3.30. The van der Waals surface area contributed by atoms with Gasteiger partial charge in [0, 0.05) is 0 Å². The summed E-state index contributed by atoms with van der Waals surface area (Å²) in [6, 6.07) is 15.2. The van der Waals surface area contributed by atoms with Gasteiger partial charge < -0.3 is 14.8 Å². The number of nitrogens with zero attached hydrogens (tertiary/aromatic N) is 1. The standard InChI is InChI=1S/C16H14N2O3/c19-15-10-20-14-8-4-2-6-12(14)18(15)16-9-17-11-5-1-3-7-13(11)21-16/h1-8,16-17H,9-10H2. The zero-order chi connectivity index (χ0) is 14.2. The Kier molecular flexibility index (Phi) is 2.70. The van der Waals surface area contributed by atoms with E-state index >= 15 is 0 Å². The third kappa shape index (κ3) is 1.98. The maximum absolute atomic E-state index is 12.3. The van der Waals surface area contributed by atoms with Crippen LogP contribution < -0.4 is 19.7 Å². The lowest BCUT2D eigenvalue weighted by Crippen LogP contribution is -2.52. The third-order valence-electron chi connectivity index (χ3n) is 3.65. The molecular weight excluding hydrogens is 268 g/mol. The molecular formula is C16H14N2O3. The van der Waals surface area contributed by atoms with Crippen LogP contribution in [0.5, 0.6) is 11.5 Å². The van der Waals surface area contributed by atoms with E-state index in [0.717, 1.165) is 17.1 Å². The Bertz CT molecular complexity index is 701. The van der Waals surface area contributed by atoms with Gasteiger partial charge in [-0.1, -0.05) is 24.3 Å². The van der Waals surface area contributed by atoms with Gasteiger partial charge in [0.2, 0.25) is 0 Å². The highest BCUT2D eigenvalue weighted by molar-refractivity contribution is 5.98. The van der Waals surface area contributed by atoms with E-state index < -0.39 is 0 Å². The molecule has 1 N–H and O–H groups in total. The molecule has 2 aliphatic heterocycles. The normalized spacial score (nSPS) is 19.7. The van der Waals surface area contributed by atoms with Crippen LogP contribution >= 0.6 is 0 Å². The Labute approximate surface area is 122 Å². The average molecular weight is 282 g/mol. The molecule has 2 aromatic rings. The van der Waals surface area contributed by atoms with Gasteiger partial charge in [0.25, 0.3) is 5.91 Å². The number of para-hydroxylation sites is 4. The Hall–Kier alpha value is -2.69. The highest BCUT2D eigenvalue weighted by atomic mass is 16.5. The Morgan fingerprint density at radius 1 is 1.05 bits per heavy atom. The molecule has 106 valence electrons. The van der Waals surface area contributed by atoms with Crippen molar-refractivity contribution in [1.29, 1.82) is 0 Å². The van der Waals surface area contributed by atoms with E-state index in [0.29, 0.717) is 12.3 Å². The highest BCUT2D eigenvalue weighted by Gasteiger charge is 2.34.